The minimum Gasteiger partial charge on any atom is -0.496 e. The molecule has 0 saturated heterocycles. The molecule has 1 N–H and O–H groups in total. The van der Waals surface area contributed by atoms with Crippen molar-refractivity contribution < 1.29 is 9.53 Å². The van der Waals surface area contributed by atoms with Gasteiger partial charge in [0.25, 0.3) is 5.91 Å². The molecular weight excluding hydrogens is 264 g/mol. The van der Waals surface area contributed by atoms with Crippen molar-refractivity contribution in [3.8, 4) is 16.9 Å². The van der Waals surface area contributed by atoms with Crippen LogP contribution < -0.4 is 10.1 Å². The fourth-order valence-electron chi connectivity index (χ4n) is 1.80. The number of carbonyl (C=O) groups is 1. The van der Waals surface area contributed by atoms with Crippen LogP contribution in [0.25, 0.3) is 11.1 Å². The number of methoxy groups -OCH3 is 1. The third-order valence-electron chi connectivity index (χ3n) is 2.71. The average molecular weight is 277 g/mol. The molecule has 0 spiro atoms. The third kappa shape index (κ3) is 2.69. The molecule has 0 radical (unpaired) electrons. The first-order chi connectivity index (χ1) is 9.17. The van der Waals surface area contributed by atoms with Gasteiger partial charge in [-0.15, -0.1) is 0 Å². The highest BCUT2D eigenvalue weighted by Gasteiger charge is 2.12. The smallest absolute Gasteiger partial charge is 0.252 e. The number of nitrogens with one attached hydrogen (secondary N) is 1. The number of pyridine rings is 1. The predicted octanol–water partition coefficient (Wildman–Crippen LogP) is 2.77. The van der Waals surface area contributed by atoms with Crippen molar-refractivity contribution in [2.24, 2.45) is 0 Å². The van der Waals surface area contributed by atoms with E-state index in [9.17, 15) is 4.79 Å². The summed E-state index contributed by atoms with van der Waals surface area (Å²) < 4.78 is 5.29. The Bertz CT molecular complexity index is 614. The molecule has 0 aliphatic heterocycles. The molecule has 2 rings (SSSR count). The Kier molecular flexibility index (Phi) is 4.02. The first kappa shape index (κ1) is 13.4. The van der Waals surface area contributed by atoms with E-state index in [4.69, 9.17) is 16.3 Å². The highest BCUT2D eigenvalue weighted by molar-refractivity contribution is 6.33. The minimum absolute atomic E-state index is 0.194. The second kappa shape index (κ2) is 5.71. The number of ether oxygens (including phenoxy) is 1. The largest absolute Gasteiger partial charge is 0.496 e. The van der Waals surface area contributed by atoms with Gasteiger partial charge in [-0.3, -0.25) is 9.78 Å². The lowest BCUT2D eigenvalue weighted by Gasteiger charge is -2.11. The van der Waals surface area contributed by atoms with Gasteiger partial charge in [0.05, 0.1) is 17.7 Å². The highest BCUT2D eigenvalue weighted by atomic mass is 35.5. The van der Waals surface area contributed by atoms with Crippen LogP contribution in [0.3, 0.4) is 0 Å². The van der Waals surface area contributed by atoms with Crippen molar-refractivity contribution in [2.45, 2.75) is 0 Å². The molecule has 0 saturated carbocycles. The van der Waals surface area contributed by atoms with Gasteiger partial charge in [-0.05, 0) is 18.2 Å². The van der Waals surface area contributed by atoms with Gasteiger partial charge < -0.3 is 10.1 Å². The van der Waals surface area contributed by atoms with Gasteiger partial charge in [-0.25, -0.2) is 0 Å². The van der Waals surface area contributed by atoms with Crippen molar-refractivity contribution in [3.05, 3.63) is 47.2 Å². The van der Waals surface area contributed by atoms with E-state index in [1.807, 2.05) is 6.07 Å². The first-order valence-electron chi connectivity index (χ1n) is 5.67. The highest BCUT2D eigenvalue weighted by Crippen LogP contribution is 2.36. The summed E-state index contributed by atoms with van der Waals surface area (Å²) in [6.07, 6.45) is 3.15. The second-order valence-corrected chi connectivity index (χ2v) is 4.27. The van der Waals surface area contributed by atoms with E-state index in [1.54, 1.807) is 38.6 Å². The lowest BCUT2D eigenvalue weighted by molar-refractivity contribution is 0.0963. The molecule has 5 heteroatoms. The number of halogens is 1. The number of nitrogens with zero attached hydrogens (tertiary/aromatic N) is 1. The Morgan fingerprint density at radius 3 is 2.84 bits per heavy atom. The fraction of sp³-hybridized carbons (Fsp3) is 0.143. The van der Waals surface area contributed by atoms with Crippen LogP contribution in [0.2, 0.25) is 5.02 Å². The molecule has 0 bridgehead atoms. The third-order valence-corrected chi connectivity index (χ3v) is 3.03. The zero-order chi connectivity index (χ0) is 13.8. The van der Waals surface area contributed by atoms with E-state index in [0.717, 1.165) is 11.1 Å². The number of benzene rings is 1. The summed E-state index contributed by atoms with van der Waals surface area (Å²) in [7, 11) is 3.15. The van der Waals surface area contributed by atoms with E-state index in [1.165, 1.54) is 6.20 Å². The molecule has 1 aromatic carbocycles. The Hall–Kier alpha value is -2.07. The first-order valence-corrected chi connectivity index (χ1v) is 6.05. The molecule has 0 aliphatic carbocycles. The molecule has 98 valence electrons. The summed E-state index contributed by atoms with van der Waals surface area (Å²) in [6, 6.07) is 7.12. The van der Waals surface area contributed by atoms with Gasteiger partial charge in [-0.1, -0.05) is 17.7 Å². The minimum atomic E-state index is -0.194. The summed E-state index contributed by atoms with van der Waals surface area (Å²) in [6.45, 7) is 0. The standard InChI is InChI=1S/C14H13ClN2O2/c1-16-14(18)10-6-9(7-17-8-10)13-11(15)4-3-5-12(13)19-2/h3-8H,1-2H3,(H,16,18). The van der Waals surface area contributed by atoms with Gasteiger partial charge in [-0.2, -0.15) is 0 Å². The topological polar surface area (TPSA) is 51.2 Å². The van der Waals surface area contributed by atoms with Crippen LogP contribution in [-0.4, -0.2) is 25.0 Å². The van der Waals surface area contributed by atoms with E-state index in [-0.39, 0.29) is 5.91 Å². The normalized spacial score (nSPS) is 10.1. The van der Waals surface area contributed by atoms with Crippen LogP contribution >= 0.6 is 11.6 Å². The zero-order valence-corrected chi connectivity index (χ0v) is 11.4. The van der Waals surface area contributed by atoms with Crippen molar-refractivity contribution in [1.29, 1.82) is 0 Å². The maximum atomic E-state index is 11.6. The molecule has 2 aromatic rings. The Morgan fingerprint density at radius 1 is 1.37 bits per heavy atom. The van der Waals surface area contributed by atoms with Crippen molar-refractivity contribution in [3.63, 3.8) is 0 Å². The van der Waals surface area contributed by atoms with Gasteiger partial charge in [0.1, 0.15) is 5.75 Å². The number of aromatic nitrogens is 1. The summed E-state index contributed by atoms with van der Waals surface area (Å²) >= 11 is 6.20. The van der Waals surface area contributed by atoms with Crippen molar-refractivity contribution >= 4 is 17.5 Å². The van der Waals surface area contributed by atoms with Crippen LogP contribution in [0.4, 0.5) is 0 Å². The molecular formula is C14H13ClN2O2. The number of hydrogen-bond donors (Lipinski definition) is 1. The van der Waals surface area contributed by atoms with Crippen LogP contribution in [0, 0.1) is 0 Å². The average Bonchev–Trinajstić information content (AvgIpc) is 2.46. The second-order valence-electron chi connectivity index (χ2n) is 3.86. The number of carbonyl (C=O) groups excluding carboxylic acids is 1. The lowest BCUT2D eigenvalue weighted by Crippen LogP contribution is -2.17. The van der Waals surface area contributed by atoms with Gasteiger partial charge in [0, 0.05) is 30.6 Å². The Balaban J connectivity index is 2.56. The zero-order valence-electron chi connectivity index (χ0n) is 10.6. The summed E-state index contributed by atoms with van der Waals surface area (Å²) in [5, 5.41) is 3.11. The summed E-state index contributed by atoms with van der Waals surface area (Å²) in [4.78, 5) is 15.7. The predicted molar refractivity (Wildman–Crippen MR) is 74.6 cm³/mol. The molecule has 1 heterocycles. The van der Waals surface area contributed by atoms with E-state index >= 15 is 0 Å². The molecule has 0 unspecified atom stereocenters. The molecule has 0 fully saturated rings. The van der Waals surface area contributed by atoms with Crippen LogP contribution in [0.5, 0.6) is 5.75 Å². The maximum absolute atomic E-state index is 11.6. The lowest BCUT2D eigenvalue weighted by atomic mass is 10.0. The molecule has 0 atom stereocenters. The van der Waals surface area contributed by atoms with Crippen LogP contribution in [0.1, 0.15) is 10.4 Å². The molecule has 0 aliphatic rings. The van der Waals surface area contributed by atoms with E-state index in [2.05, 4.69) is 10.3 Å². The van der Waals surface area contributed by atoms with Crippen LogP contribution in [-0.2, 0) is 0 Å². The van der Waals surface area contributed by atoms with Gasteiger partial charge in [0.2, 0.25) is 0 Å². The van der Waals surface area contributed by atoms with Crippen molar-refractivity contribution in [2.75, 3.05) is 14.2 Å². The Morgan fingerprint density at radius 2 is 2.16 bits per heavy atom. The molecule has 1 aromatic heterocycles. The number of hydrogen-bond acceptors (Lipinski definition) is 3. The number of rotatable bonds is 3. The van der Waals surface area contributed by atoms with Gasteiger partial charge in [0.15, 0.2) is 0 Å². The van der Waals surface area contributed by atoms with Crippen LogP contribution in [0.15, 0.2) is 36.7 Å². The monoisotopic (exact) mass is 276 g/mol. The quantitative estimate of drug-likeness (QED) is 0.938. The maximum Gasteiger partial charge on any atom is 0.252 e. The van der Waals surface area contributed by atoms with Gasteiger partial charge >= 0.3 is 0 Å². The van der Waals surface area contributed by atoms with Crippen molar-refractivity contribution in [1.82, 2.24) is 10.3 Å². The van der Waals surface area contributed by atoms with E-state index < -0.39 is 0 Å². The molecule has 19 heavy (non-hydrogen) atoms. The Labute approximate surface area is 116 Å². The van der Waals surface area contributed by atoms with E-state index in [0.29, 0.717) is 16.3 Å². The summed E-state index contributed by atoms with van der Waals surface area (Å²) in [5.74, 6) is 0.448. The molecule has 1 amide bonds. The summed E-state index contributed by atoms with van der Waals surface area (Å²) in [5.41, 5.74) is 1.94. The SMILES string of the molecule is CNC(=O)c1cncc(-c2c(Cl)cccc2OC)c1. The number of amides is 1. The molecule has 4 nitrogen and oxygen atoms in total. The fourth-order valence-corrected chi connectivity index (χ4v) is 2.07.